The molecule has 0 atom stereocenters. The minimum Gasteiger partial charge on any atom is -0.478 e. The van der Waals surface area contributed by atoms with Crippen molar-refractivity contribution in [3.8, 4) is 0 Å². The van der Waals surface area contributed by atoms with Gasteiger partial charge in [-0.2, -0.15) is 0 Å². The molecule has 4 heteroatoms. The summed E-state index contributed by atoms with van der Waals surface area (Å²) >= 11 is 6.28. The molecule has 19 heavy (non-hydrogen) atoms. The third kappa shape index (κ3) is 3.74. The van der Waals surface area contributed by atoms with Gasteiger partial charge in [-0.15, -0.1) is 0 Å². The van der Waals surface area contributed by atoms with E-state index in [0.29, 0.717) is 5.02 Å². The molecule has 0 aliphatic heterocycles. The van der Waals surface area contributed by atoms with E-state index in [9.17, 15) is 4.79 Å². The summed E-state index contributed by atoms with van der Waals surface area (Å²) in [5, 5.41) is 9.37. The van der Waals surface area contributed by atoms with Gasteiger partial charge in [-0.1, -0.05) is 30.7 Å². The third-order valence-corrected chi connectivity index (χ3v) is 3.84. The Balaban J connectivity index is 3.29. The molecule has 0 bridgehead atoms. The van der Waals surface area contributed by atoms with E-state index < -0.39 is 5.97 Å². The third-order valence-electron chi connectivity index (χ3n) is 3.53. The van der Waals surface area contributed by atoms with E-state index in [0.717, 1.165) is 23.7 Å². The lowest BCUT2D eigenvalue weighted by Crippen LogP contribution is -2.41. The second-order valence-electron chi connectivity index (χ2n) is 5.07. The van der Waals surface area contributed by atoms with Crippen molar-refractivity contribution < 1.29 is 9.90 Å². The predicted octanol–water partition coefficient (Wildman–Crippen LogP) is 4.06. The van der Waals surface area contributed by atoms with Gasteiger partial charge in [0.05, 0.1) is 10.7 Å². The van der Waals surface area contributed by atoms with Crippen molar-refractivity contribution in [3.63, 3.8) is 0 Å². The average Bonchev–Trinajstić information content (AvgIpc) is 2.35. The lowest BCUT2D eigenvalue weighted by Gasteiger charge is -2.38. The number of carboxylic acid groups (broad SMARTS) is 1. The first-order valence-electron chi connectivity index (χ1n) is 6.23. The highest BCUT2D eigenvalue weighted by atomic mass is 35.5. The second kappa shape index (κ2) is 6.11. The minimum atomic E-state index is -0.969. The molecule has 1 N–H and O–H groups in total. The number of carboxylic acids is 1. The average molecular weight is 282 g/mol. The van der Waals surface area contributed by atoms with Gasteiger partial charge in [0.1, 0.15) is 0 Å². The molecule has 0 unspecified atom stereocenters. The van der Waals surface area contributed by atoms with Gasteiger partial charge < -0.3 is 10.0 Å². The van der Waals surface area contributed by atoms with E-state index >= 15 is 0 Å². The molecular formula is C15H20ClNO2. The zero-order chi connectivity index (χ0) is 14.6. The molecule has 1 aromatic carbocycles. The number of carbonyl (C=O) groups is 1. The zero-order valence-electron chi connectivity index (χ0n) is 11.8. The van der Waals surface area contributed by atoms with Crippen LogP contribution in [0.3, 0.4) is 0 Å². The molecule has 104 valence electrons. The Morgan fingerprint density at radius 2 is 2.11 bits per heavy atom. The van der Waals surface area contributed by atoms with Crippen LogP contribution in [0.5, 0.6) is 0 Å². The lowest BCUT2D eigenvalue weighted by atomic mass is 9.98. The monoisotopic (exact) mass is 281 g/mol. The number of anilines is 1. The van der Waals surface area contributed by atoms with Crippen LogP contribution in [0.1, 0.15) is 32.8 Å². The Kier molecular flexibility index (Phi) is 5.01. The molecule has 0 radical (unpaired) electrons. The molecule has 0 aromatic heterocycles. The van der Waals surface area contributed by atoms with Crippen LogP contribution in [-0.2, 0) is 4.79 Å². The Labute approximate surface area is 119 Å². The van der Waals surface area contributed by atoms with Crippen LogP contribution in [0.2, 0.25) is 5.02 Å². The molecule has 0 heterocycles. The Bertz CT molecular complexity index is 495. The van der Waals surface area contributed by atoms with Crippen molar-refractivity contribution in [2.75, 3.05) is 11.9 Å². The van der Waals surface area contributed by atoms with Gasteiger partial charge in [-0.25, -0.2) is 4.79 Å². The molecule has 0 aliphatic rings. The number of hydrogen-bond acceptors (Lipinski definition) is 2. The van der Waals surface area contributed by atoms with Crippen molar-refractivity contribution >= 4 is 29.3 Å². The summed E-state index contributed by atoms with van der Waals surface area (Å²) in [4.78, 5) is 12.8. The van der Waals surface area contributed by atoms with Crippen LogP contribution in [-0.4, -0.2) is 23.7 Å². The first-order valence-corrected chi connectivity index (χ1v) is 6.60. The molecule has 0 saturated carbocycles. The molecule has 3 nitrogen and oxygen atoms in total. The Morgan fingerprint density at radius 1 is 1.47 bits per heavy atom. The molecule has 0 saturated heterocycles. The van der Waals surface area contributed by atoms with E-state index in [1.165, 1.54) is 0 Å². The maximum absolute atomic E-state index is 10.7. The van der Waals surface area contributed by atoms with Crippen LogP contribution in [0.25, 0.3) is 6.08 Å². The van der Waals surface area contributed by atoms with E-state index in [1.807, 2.05) is 25.2 Å². The molecule has 1 aromatic rings. The van der Waals surface area contributed by atoms with E-state index in [2.05, 4.69) is 25.7 Å². The number of nitrogens with zero attached hydrogens (tertiary/aromatic N) is 1. The van der Waals surface area contributed by atoms with Gasteiger partial charge >= 0.3 is 5.97 Å². The smallest absolute Gasteiger partial charge is 0.328 e. The van der Waals surface area contributed by atoms with Gasteiger partial charge in [0.2, 0.25) is 0 Å². The van der Waals surface area contributed by atoms with E-state index in [-0.39, 0.29) is 5.54 Å². The molecule has 1 rings (SSSR count). The van der Waals surface area contributed by atoms with Gasteiger partial charge in [-0.3, -0.25) is 0 Å². The highest BCUT2D eigenvalue weighted by molar-refractivity contribution is 6.33. The van der Waals surface area contributed by atoms with Crippen LogP contribution in [0.15, 0.2) is 24.3 Å². The van der Waals surface area contributed by atoms with Crippen molar-refractivity contribution in [3.05, 3.63) is 34.9 Å². The van der Waals surface area contributed by atoms with Crippen molar-refractivity contribution in [1.82, 2.24) is 0 Å². The lowest BCUT2D eigenvalue weighted by molar-refractivity contribution is -0.131. The summed E-state index contributed by atoms with van der Waals surface area (Å²) in [6.07, 6.45) is 3.66. The molecular weight excluding hydrogens is 262 g/mol. The summed E-state index contributed by atoms with van der Waals surface area (Å²) in [6, 6.07) is 5.50. The normalized spacial score (nSPS) is 11.8. The SMILES string of the molecule is CCC(C)(C)N(C)c1c(Cl)cccc1/C=C/C(=O)O. The topological polar surface area (TPSA) is 40.5 Å². The van der Waals surface area contributed by atoms with Crippen molar-refractivity contribution in [1.29, 1.82) is 0 Å². The zero-order valence-corrected chi connectivity index (χ0v) is 12.5. The van der Waals surface area contributed by atoms with Crippen LogP contribution >= 0.6 is 11.6 Å². The predicted molar refractivity (Wildman–Crippen MR) is 80.9 cm³/mol. The quantitative estimate of drug-likeness (QED) is 0.827. The maximum atomic E-state index is 10.7. The van der Waals surface area contributed by atoms with Gasteiger partial charge in [0.15, 0.2) is 0 Å². The molecule has 0 spiro atoms. The Hall–Kier alpha value is -1.48. The summed E-state index contributed by atoms with van der Waals surface area (Å²) in [5.74, 6) is -0.969. The summed E-state index contributed by atoms with van der Waals surface area (Å²) in [7, 11) is 1.98. The number of para-hydroxylation sites is 1. The fourth-order valence-corrected chi connectivity index (χ4v) is 2.03. The van der Waals surface area contributed by atoms with Crippen LogP contribution in [0, 0.1) is 0 Å². The molecule has 0 aliphatic carbocycles. The van der Waals surface area contributed by atoms with Crippen molar-refractivity contribution in [2.45, 2.75) is 32.7 Å². The minimum absolute atomic E-state index is 0.0587. The first kappa shape index (κ1) is 15.6. The van der Waals surface area contributed by atoms with Crippen LogP contribution < -0.4 is 4.90 Å². The first-order chi connectivity index (χ1) is 8.79. The second-order valence-corrected chi connectivity index (χ2v) is 5.48. The number of hydrogen-bond donors (Lipinski definition) is 1. The summed E-state index contributed by atoms with van der Waals surface area (Å²) < 4.78 is 0. The Morgan fingerprint density at radius 3 is 2.63 bits per heavy atom. The van der Waals surface area contributed by atoms with Gasteiger partial charge in [-0.05, 0) is 38.0 Å². The largest absolute Gasteiger partial charge is 0.478 e. The van der Waals surface area contributed by atoms with Crippen LogP contribution in [0.4, 0.5) is 5.69 Å². The molecule has 0 amide bonds. The highest BCUT2D eigenvalue weighted by Crippen LogP contribution is 2.35. The number of aliphatic carboxylic acids is 1. The van der Waals surface area contributed by atoms with E-state index in [1.54, 1.807) is 6.08 Å². The van der Waals surface area contributed by atoms with Gasteiger partial charge in [0, 0.05) is 18.7 Å². The molecule has 0 fully saturated rings. The highest BCUT2D eigenvalue weighted by Gasteiger charge is 2.24. The number of halogens is 1. The fourth-order valence-electron chi connectivity index (χ4n) is 1.72. The number of rotatable bonds is 5. The maximum Gasteiger partial charge on any atom is 0.328 e. The summed E-state index contributed by atoms with van der Waals surface area (Å²) in [5.41, 5.74) is 1.60. The van der Waals surface area contributed by atoms with Gasteiger partial charge in [0.25, 0.3) is 0 Å². The van der Waals surface area contributed by atoms with E-state index in [4.69, 9.17) is 16.7 Å². The number of benzene rings is 1. The van der Waals surface area contributed by atoms with Crippen molar-refractivity contribution in [2.24, 2.45) is 0 Å². The summed E-state index contributed by atoms with van der Waals surface area (Å²) in [6.45, 7) is 6.36. The standard InChI is InChI=1S/C15H20ClNO2/c1-5-15(2,3)17(4)14-11(9-10-13(18)19)7-6-8-12(14)16/h6-10H,5H2,1-4H3,(H,18,19)/b10-9+. The fraction of sp³-hybridized carbons (Fsp3) is 0.400.